The van der Waals surface area contributed by atoms with Gasteiger partial charge in [-0.15, -0.1) is 0 Å². The summed E-state index contributed by atoms with van der Waals surface area (Å²) in [6.45, 7) is 4.02. The van der Waals surface area contributed by atoms with Crippen LogP contribution in [0.4, 0.5) is 11.4 Å². The van der Waals surface area contributed by atoms with Crippen molar-refractivity contribution in [2.45, 2.75) is 25.8 Å². The second-order valence-corrected chi connectivity index (χ2v) is 9.54. The first-order valence-corrected chi connectivity index (χ1v) is 12.3. The summed E-state index contributed by atoms with van der Waals surface area (Å²) in [7, 11) is 0. The van der Waals surface area contributed by atoms with Gasteiger partial charge in [-0.05, 0) is 55.7 Å². The summed E-state index contributed by atoms with van der Waals surface area (Å²) in [6, 6.07) is 22.4. The second kappa shape index (κ2) is 8.72. The van der Waals surface area contributed by atoms with Crippen LogP contribution in [0.2, 0.25) is 0 Å². The highest BCUT2D eigenvalue weighted by Crippen LogP contribution is 2.43. The molecule has 2 N–H and O–H groups in total. The fraction of sp³-hybridized carbons (Fsp3) is 0.200. The number of ketones is 1. The molecular formula is C30H27N3O3. The van der Waals surface area contributed by atoms with E-state index in [-0.39, 0.29) is 11.3 Å². The van der Waals surface area contributed by atoms with Crippen LogP contribution in [0.15, 0.2) is 84.6 Å². The SMILES string of the molecule is Cc1cccc(C2/C(=C(/O)c3c[nH]c4ccccc34)C(=O)C(=O)N2c2ccc(N3CCCC3)cc2)c1. The van der Waals surface area contributed by atoms with Crippen molar-refractivity contribution >= 4 is 39.7 Å². The third-order valence-electron chi connectivity index (χ3n) is 7.25. The van der Waals surface area contributed by atoms with Crippen molar-refractivity contribution in [1.82, 2.24) is 4.98 Å². The number of fused-ring (bicyclic) bond motifs is 1. The summed E-state index contributed by atoms with van der Waals surface area (Å²) in [6.07, 6.45) is 4.04. The molecule has 0 aliphatic carbocycles. The van der Waals surface area contributed by atoms with Gasteiger partial charge in [-0.3, -0.25) is 14.5 Å². The van der Waals surface area contributed by atoms with Crippen LogP contribution in [-0.2, 0) is 9.59 Å². The summed E-state index contributed by atoms with van der Waals surface area (Å²) >= 11 is 0. The Kier molecular flexibility index (Phi) is 5.37. The average Bonchev–Trinajstić information content (AvgIpc) is 3.63. The number of para-hydroxylation sites is 1. The van der Waals surface area contributed by atoms with Crippen LogP contribution in [-0.4, -0.2) is 34.9 Å². The molecular weight excluding hydrogens is 450 g/mol. The van der Waals surface area contributed by atoms with E-state index in [4.69, 9.17) is 0 Å². The van der Waals surface area contributed by atoms with Crippen molar-refractivity contribution in [3.8, 4) is 0 Å². The number of aromatic amines is 1. The first kappa shape index (κ1) is 22.2. The molecule has 0 radical (unpaired) electrons. The number of hydrogen-bond acceptors (Lipinski definition) is 4. The Morgan fingerprint density at radius 3 is 2.39 bits per heavy atom. The number of Topliss-reactive ketones (excluding diaryl/α,β-unsaturated/α-hetero) is 1. The highest BCUT2D eigenvalue weighted by Gasteiger charge is 2.47. The fourth-order valence-corrected chi connectivity index (χ4v) is 5.47. The third kappa shape index (κ3) is 3.57. The van der Waals surface area contributed by atoms with Gasteiger partial charge in [0.15, 0.2) is 0 Å². The van der Waals surface area contributed by atoms with Gasteiger partial charge in [-0.25, -0.2) is 0 Å². The van der Waals surface area contributed by atoms with Gasteiger partial charge in [-0.2, -0.15) is 0 Å². The number of anilines is 2. The topological polar surface area (TPSA) is 76.6 Å². The van der Waals surface area contributed by atoms with E-state index in [1.165, 1.54) is 17.7 Å². The Morgan fingerprint density at radius 1 is 0.917 bits per heavy atom. The van der Waals surface area contributed by atoms with Crippen molar-refractivity contribution < 1.29 is 14.7 Å². The molecule has 180 valence electrons. The van der Waals surface area contributed by atoms with Crippen LogP contribution in [0.25, 0.3) is 16.7 Å². The Labute approximate surface area is 209 Å². The largest absolute Gasteiger partial charge is 0.507 e. The Hall–Kier alpha value is -4.32. The number of aromatic nitrogens is 1. The standard InChI is InChI=1S/C30H27N3O3/c1-19-7-6-8-20(17-19)27-26(28(34)24-18-31-25-10-3-2-9-23(24)25)29(35)30(36)33(27)22-13-11-21(12-14-22)32-15-4-5-16-32/h2-3,6-14,17-18,27,31,34H,4-5,15-16H2,1H3/b28-26-. The molecule has 0 spiro atoms. The number of benzene rings is 3. The molecule has 1 atom stereocenters. The van der Waals surface area contributed by atoms with Gasteiger partial charge < -0.3 is 15.0 Å². The number of hydrogen-bond donors (Lipinski definition) is 2. The lowest BCUT2D eigenvalue weighted by Gasteiger charge is -2.26. The molecule has 1 aromatic heterocycles. The van der Waals surface area contributed by atoms with E-state index >= 15 is 0 Å². The molecule has 36 heavy (non-hydrogen) atoms. The highest BCUT2D eigenvalue weighted by atomic mass is 16.3. The fourth-order valence-electron chi connectivity index (χ4n) is 5.47. The average molecular weight is 478 g/mol. The number of H-pyrrole nitrogens is 1. The number of nitrogens with one attached hydrogen (secondary N) is 1. The molecule has 1 unspecified atom stereocenters. The molecule has 0 saturated carbocycles. The molecule has 6 nitrogen and oxygen atoms in total. The van der Waals surface area contributed by atoms with E-state index in [9.17, 15) is 14.7 Å². The normalized spacial score (nSPS) is 19.5. The van der Waals surface area contributed by atoms with Gasteiger partial charge in [0, 0.05) is 47.1 Å². The molecule has 0 bridgehead atoms. The number of nitrogens with zero attached hydrogens (tertiary/aromatic N) is 2. The van der Waals surface area contributed by atoms with E-state index in [2.05, 4.69) is 9.88 Å². The van der Waals surface area contributed by atoms with Crippen LogP contribution in [0.3, 0.4) is 0 Å². The zero-order valence-electron chi connectivity index (χ0n) is 20.1. The lowest BCUT2D eigenvalue weighted by molar-refractivity contribution is -0.132. The van der Waals surface area contributed by atoms with Crippen molar-refractivity contribution in [3.63, 3.8) is 0 Å². The number of amides is 1. The maximum Gasteiger partial charge on any atom is 0.300 e. The zero-order chi connectivity index (χ0) is 24.8. The Bertz CT molecular complexity index is 1510. The van der Waals surface area contributed by atoms with Gasteiger partial charge in [-0.1, -0.05) is 48.0 Å². The van der Waals surface area contributed by atoms with Gasteiger partial charge in [0.1, 0.15) is 5.76 Å². The van der Waals surface area contributed by atoms with Gasteiger partial charge in [0.2, 0.25) is 0 Å². The molecule has 3 heterocycles. The van der Waals surface area contributed by atoms with Crippen molar-refractivity contribution in [2.24, 2.45) is 0 Å². The van der Waals surface area contributed by atoms with Gasteiger partial charge in [0.05, 0.1) is 11.6 Å². The van der Waals surface area contributed by atoms with Crippen molar-refractivity contribution in [2.75, 3.05) is 22.9 Å². The minimum Gasteiger partial charge on any atom is -0.507 e. The van der Waals surface area contributed by atoms with Crippen LogP contribution >= 0.6 is 0 Å². The van der Waals surface area contributed by atoms with Crippen LogP contribution < -0.4 is 9.80 Å². The summed E-state index contributed by atoms with van der Waals surface area (Å²) in [4.78, 5) is 34.0. The quantitative estimate of drug-likeness (QED) is 0.224. The molecule has 2 aliphatic heterocycles. The minimum atomic E-state index is -0.740. The first-order valence-electron chi connectivity index (χ1n) is 12.3. The first-order chi connectivity index (χ1) is 17.5. The molecule has 6 rings (SSSR count). The molecule has 2 saturated heterocycles. The maximum absolute atomic E-state index is 13.5. The second-order valence-electron chi connectivity index (χ2n) is 9.54. The highest BCUT2D eigenvalue weighted by molar-refractivity contribution is 6.51. The maximum atomic E-state index is 13.5. The molecule has 4 aromatic rings. The van der Waals surface area contributed by atoms with E-state index < -0.39 is 17.7 Å². The Balaban J connectivity index is 1.50. The molecule has 1 amide bonds. The van der Waals surface area contributed by atoms with E-state index in [0.29, 0.717) is 11.3 Å². The van der Waals surface area contributed by atoms with Crippen LogP contribution in [0.5, 0.6) is 0 Å². The molecule has 2 aliphatic rings. The third-order valence-corrected chi connectivity index (χ3v) is 7.25. The van der Waals surface area contributed by atoms with Crippen molar-refractivity contribution in [3.05, 3.63) is 101 Å². The lowest BCUT2D eigenvalue weighted by Crippen LogP contribution is -2.29. The van der Waals surface area contributed by atoms with Crippen LogP contribution in [0.1, 0.15) is 35.6 Å². The number of carbonyl (C=O) groups excluding carboxylic acids is 2. The number of aliphatic hydroxyl groups excluding tert-OH is 1. The molecule has 3 aromatic carbocycles. The predicted molar refractivity (Wildman–Crippen MR) is 142 cm³/mol. The van der Waals surface area contributed by atoms with Gasteiger partial charge >= 0.3 is 0 Å². The summed E-state index contributed by atoms with van der Waals surface area (Å²) < 4.78 is 0. The predicted octanol–water partition coefficient (Wildman–Crippen LogP) is 5.70. The van der Waals surface area contributed by atoms with Gasteiger partial charge in [0.25, 0.3) is 11.7 Å². The van der Waals surface area contributed by atoms with E-state index in [1.807, 2.05) is 79.7 Å². The van der Waals surface area contributed by atoms with Crippen molar-refractivity contribution in [1.29, 1.82) is 0 Å². The number of carbonyl (C=O) groups is 2. The lowest BCUT2D eigenvalue weighted by atomic mass is 9.94. The summed E-state index contributed by atoms with van der Waals surface area (Å²) in [5.41, 5.74) is 4.97. The van der Waals surface area contributed by atoms with E-state index in [1.54, 1.807) is 6.20 Å². The molecule has 6 heteroatoms. The number of rotatable bonds is 4. The summed E-state index contributed by atoms with van der Waals surface area (Å²) in [5, 5.41) is 12.3. The monoisotopic (exact) mass is 477 g/mol. The number of aryl methyl sites for hydroxylation is 1. The smallest absolute Gasteiger partial charge is 0.300 e. The summed E-state index contributed by atoms with van der Waals surface area (Å²) in [5.74, 6) is -1.50. The van der Waals surface area contributed by atoms with Crippen LogP contribution in [0, 0.1) is 6.92 Å². The zero-order valence-corrected chi connectivity index (χ0v) is 20.1. The number of aliphatic hydroxyl groups is 1. The minimum absolute atomic E-state index is 0.0963. The van der Waals surface area contributed by atoms with E-state index in [0.717, 1.165) is 40.8 Å². The Morgan fingerprint density at radius 2 is 1.64 bits per heavy atom. The molecule has 2 fully saturated rings.